The van der Waals surface area contributed by atoms with E-state index in [1.165, 1.54) is 30.4 Å². The molecule has 0 aliphatic heterocycles. The molecule has 0 aromatic heterocycles. The highest BCUT2D eigenvalue weighted by molar-refractivity contribution is 5.48. The van der Waals surface area contributed by atoms with Crippen molar-refractivity contribution in [3.63, 3.8) is 0 Å². The Hall–Kier alpha value is -2.27. The molecule has 2 nitrogen and oxygen atoms in total. The normalized spacial score (nSPS) is 17.1. The lowest BCUT2D eigenvalue weighted by atomic mass is 9.87. The first kappa shape index (κ1) is 12.7. The van der Waals surface area contributed by atoms with Gasteiger partial charge in [-0.05, 0) is 48.1 Å². The van der Waals surface area contributed by atoms with Gasteiger partial charge in [-0.25, -0.2) is 0 Å². The molecule has 1 atom stereocenters. The fourth-order valence-corrected chi connectivity index (χ4v) is 2.92. The molecule has 20 heavy (non-hydrogen) atoms. The molecular weight excluding hydrogens is 244 g/mol. The molecule has 0 spiro atoms. The van der Waals surface area contributed by atoms with Crippen molar-refractivity contribution >= 4 is 5.69 Å². The van der Waals surface area contributed by atoms with Gasteiger partial charge in [0.1, 0.15) is 0 Å². The fraction of sp³-hybridized carbons (Fsp3) is 0.278. The Morgan fingerprint density at radius 3 is 2.70 bits per heavy atom. The van der Waals surface area contributed by atoms with Crippen LogP contribution in [0.5, 0.6) is 0 Å². The van der Waals surface area contributed by atoms with Gasteiger partial charge in [-0.2, -0.15) is 5.26 Å². The summed E-state index contributed by atoms with van der Waals surface area (Å²) >= 11 is 0. The van der Waals surface area contributed by atoms with E-state index >= 15 is 0 Å². The Morgan fingerprint density at radius 2 is 1.90 bits per heavy atom. The molecular formula is C18H18N2. The number of benzene rings is 2. The summed E-state index contributed by atoms with van der Waals surface area (Å²) in [5, 5.41) is 12.3. The Bertz CT molecular complexity index is 623. The highest BCUT2D eigenvalue weighted by atomic mass is 14.9. The number of aryl methyl sites for hydroxylation is 1. The van der Waals surface area contributed by atoms with Gasteiger partial charge >= 0.3 is 0 Å². The summed E-state index contributed by atoms with van der Waals surface area (Å²) in [6, 6.07) is 19.5. The third-order valence-electron chi connectivity index (χ3n) is 3.95. The van der Waals surface area contributed by atoms with Crippen LogP contribution in [0, 0.1) is 11.3 Å². The zero-order valence-corrected chi connectivity index (χ0v) is 11.5. The van der Waals surface area contributed by atoms with Crippen molar-refractivity contribution in [3.8, 4) is 6.07 Å². The predicted octanol–water partition coefficient (Wildman–Crippen LogP) is 4.24. The number of hydrogen-bond acceptors (Lipinski definition) is 2. The van der Waals surface area contributed by atoms with Crippen molar-refractivity contribution in [3.05, 3.63) is 65.2 Å². The van der Waals surface area contributed by atoms with Crippen LogP contribution in [-0.2, 0) is 12.8 Å². The molecule has 2 aromatic carbocycles. The van der Waals surface area contributed by atoms with Crippen molar-refractivity contribution in [2.75, 3.05) is 5.32 Å². The summed E-state index contributed by atoms with van der Waals surface area (Å²) in [7, 11) is 0. The Labute approximate surface area is 120 Å². The third kappa shape index (κ3) is 2.67. The van der Waals surface area contributed by atoms with Gasteiger partial charge in [0.2, 0.25) is 0 Å². The van der Waals surface area contributed by atoms with Crippen LogP contribution in [0.3, 0.4) is 0 Å². The van der Waals surface area contributed by atoms with Gasteiger partial charge in [-0.1, -0.05) is 36.4 Å². The standard InChI is InChI=1S/C18H18N2/c19-13-12-14-8-10-16(11-9-14)20-18-7-3-5-15-4-1-2-6-17(15)18/h1-2,4,6,8-11,18,20H,3,5,7,12H2. The number of rotatable bonds is 3. The smallest absolute Gasteiger partial charge is 0.0669 e. The zero-order valence-electron chi connectivity index (χ0n) is 11.5. The monoisotopic (exact) mass is 262 g/mol. The summed E-state index contributed by atoms with van der Waals surface area (Å²) in [6.45, 7) is 0. The second-order valence-electron chi connectivity index (χ2n) is 5.32. The lowest BCUT2D eigenvalue weighted by Gasteiger charge is -2.27. The van der Waals surface area contributed by atoms with Crippen LogP contribution in [0.1, 0.15) is 35.6 Å². The van der Waals surface area contributed by atoms with E-state index in [-0.39, 0.29) is 0 Å². The molecule has 0 amide bonds. The number of nitriles is 1. The summed E-state index contributed by atoms with van der Waals surface area (Å²) in [4.78, 5) is 0. The molecule has 1 aliphatic rings. The summed E-state index contributed by atoms with van der Waals surface area (Å²) in [5.74, 6) is 0. The average Bonchev–Trinajstić information content (AvgIpc) is 2.50. The largest absolute Gasteiger partial charge is 0.378 e. The molecule has 2 heteroatoms. The van der Waals surface area contributed by atoms with Crippen LogP contribution >= 0.6 is 0 Å². The van der Waals surface area contributed by atoms with Crippen LogP contribution < -0.4 is 5.32 Å². The predicted molar refractivity (Wildman–Crippen MR) is 81.5 cm³/mol. The molecule has 1 aliphatic carbocycles. The first-order chi connectivity index (χ1) is 9.86. The van der Waals surface area contributed by atoms with Crippen LogP contribution in [0.25, 0.3) is 0 Å². The van der Waals surface area contributed by atoms with Gasteiger partial charge in [-0.3, -0.25) is 0 Å². The first-order valence-corrected chi connectivity index (χ1v) is 7.17. The van der Waals surface area contributed by atoms with E-state index in [9.17, 15) is 0 Å². The highest BCUT2D eigenvalue weighted by Gasteiger charge is 2.19. The van der Waals surface area contributed by atoms with Gasteiger partial charge in [0.25, 0.3) is 0 Å². The van der Waals surface area contributed by atoms with Gasteiger partial charge in [0.15, 0.2) is 0 Å². The number of nitrogens with zero attached hydrogens (tertiary/aromatic N) is 1. The molecule has 3 rings (SSSR count). The lowest BCUT2D eigenvalue weighted by Crippen LogP contribution is -2.17. The molecule has 1 N–H and O–H groups in total. The van der Waals surface area contributed by atoms with Crippen molar-refractivity contribution < 1.29 is 0 Å². The molecule has 100 valence electrons. The van der Waals surface area contributed by atoms with Gasteiger partial charge in [-0.15, -0.1) is 0 Å². The first-order valence-electron chi connectivity index (χ1n) is 7.17. The minimum absolute atomic E-state index is 0.404. The van der Waals surface area contributed by atoms with E-state index in [0.717, 1.165) is 11.3 Å². The second kappa shape index (κ2) is 5.79. The minimum Gasteiger partial charge on any atom is -0.378 e. The van der Waals surface area contributed by atoms with E-state index in [1.54, 1.807) is 0 Å². The number of nitrogens with one attached hydrogen (secondary N) is 1. The van der Waals surface area contributed by atoms with Crippen LogP contribution in [-0.4, -0.2) is 0 Å². The SMILES string of the molecule is N#CCc1ccc(NC2CCCc3ccccc32)cc1. The Balaban J connectivity index is 1.77. The fourth-order valence-electron chi connectivity index (χ4n) is 2.92. The number of anilines is 1. The average molecular weight is 262 g/mol. The minimum atomic E-state index is 0.404. The van der Waals surface area contributed by atoms with Crippen molar-refractivity contribution in [1.29, 1.82) is 5.26 Å². The van der Waals surface area contributed by atoms with Crippen LogP contribution in [0.2, 0.25) is 0 Å². The van der Waals surface area contributed by atoms with E-state index in [2.05, 4.69) is 47.8 Å². The maximum atomic E-state index is 8.69. The van der Waals surface area contributed by atoms with Crippen molar-refractivity contribution in [2.24, 2.45) is 0 Å². The van der Waals surface area contributed by atoms with E-state index in [1.807, 2.05) is 12.1 Å². The number of hydrogen-bond donors (Lipinski definition) is 1. The van der Waals surface area contributed by atoms with Crippen LogP contribution in [0.4, 0.5) is 5.69 Å². The van der Waals surface area contributed by atoms with Gasteiger partial charge in [0.05, 0.1) is 18.5 Å². The van der Waals surface area contributed by atoms with Gasteiger partial charge < -0.3 is 5.32 Å². The van der Waals surface area contributed by atoms with E-state index in [0.29, 0.717) is 12.5 Å². The van der Waals surface area contributed by atoms with Crippen molar-refractivity contribution in [2.45, 2.75) is 31.7 Å². The maximum Gasteiger partial charge on any atom is 0.0669 e. The Morgan fingerprint density at radius 1 is 1.10 bits per heavy atom. The molecule has 0 fully saturated rings. The quantitative estimate of drug-likeness (QED) is 0.898. The van der Waals surface area contributed by atoms with Gasteiger partial charge in [0, 0.05) is 5.69 Å². The third-order valence-corrected chi connectivity index (χ3v) is 3.95. The van der Waals surface area contributed by atoms with Crippen LogP contribution in [0.15, 0.2) is 48.5 Å². The molecule has 0 saturated carbocycles. The summed E-state index contributed by atoms with van der Waals surface area (Å²) < 4.78 is 0. The lowest BCUT2D eigenvalue weighted by molar-refractivity contribution is 0.600. The van der Waals surface area contributed by atoms with E-state index in [4.69, 9.17) is 5.26 Å². The number of fused-ring (bicyclic) bond motifs is 1. The maximum absolute atomic E-state index is 8.69. The zero-order chi connectivity index (χ0) is 13.8. The molecule has 0 heterocycles. The van der Waals surface area contributed by atoms with E-state index < -0.39 is 0 Å². The summed E-state index contributed by atoms with van der Waals surface area (Å²) in [6.07, 6.45) is 4.08. The Kier molecular flexibility index (Phi) is 3.69. The molecule has 0 radical (unpaired) electrons. The summed E-state index contributed by atoms with van der Waals surface area (Å²) in [5.41, 5.74) is 5.10. The second-order valence-corrected chi connectivity index (χ2v) is 5.32. The highest BCUT2D eigenvalue weighted by Crippen LogP contribution is 2.32. The van der Waals surface area contributed by atoms with Crippen molar-refractivity contribution in [1.82, 2.24) is 0 Å². The molecule has 2 aromatic rings. The molecule has 0 saturated heterocycles. The topological polar surface area (TPSA) is 35.8 Å². The molecule has 0 bridgehead atoms. The molecule has 1 unspecified atom stereocenters.